The van der Waals surface area contributed by atoms with Gasteiger partial charge in [0.05, 0.1) is 11.8 Å². The molecule has 0 atom stereocenters. The van der Waals surface area contributed by atoms with E-state index in [1.54, 1.807) is 12.3 Å². The van der Waals surface area contributed by atoms with E-state index in [1.165, 1.54) is 6.21 Å². The summed E-state index contributed by atoms with van der Waals surface area (Å²) in [5.74, 6) is 0.612. The first-order valence-electron chi connectivity index (χ1n) is 9.22. The number of aromatic nitrogens is 1. The molecule has 0 amide bonds. The number of hydrazone groups is 1. The van der Waals surface area contributed by atoms with Crippen molar-refractivity contribution < 1.29 is 4.42 Å². The van der Waals surface area contributed by atoms with Crippen LogP contribution in [-0.4, -0.2) is 24.3 Å². The molecule has 0 unspecified atom stereocenters. The first-order chi connectivity index (χ1) is 13.2. The lowest BCUT2D eigenvalue weighted by Gasteiger charge is -2.21. The highest BCUT2D eigenvalue weighted by Gasteiger charge is 2.13. The topological polar surface area (TPSA) is 70.7 Å². The summed E-state index contributed by atoms with van der Waals surface area (Å²) >= 11 is 0. The van der Waals surface area contributed by atoms with E-state index in [4.69, 9.17) is 4.42 Å². The number of rotatable bonds is 7. The molecule has 0 radical (unpaired) electrons. The Morgan fingerprint density at radius 2 is 2.00 bits per heavy atom. The first-order valence-corrected chi connectivity index (χ1v) is 9.22. The van der Waals surface area contributed by atoms with Crippen molar-refractivity contribution in [3.05, 3.63) is 64.1 Å². The van der Waals surface area contributed by atoms with E-state index in [1.807, 2.05) is 31.2 Å². The second-order valence-corrected chi connectivity index (χ2v) is 6.07. The van der Waals surface area contributed by atoms with Gasteiger partial charge in [-0.1, -0.05) is 13.0 Å². The third-order valence-corrected chi connectivity index (χ3v) is 4.56. The molecule has 6 heteroatoms. The number of hydrogen-bond donors (Lipinski definition) is 1. The van der Waals surface area contributed by atoms with Gasteiger partial charge in [0.25, 0.3) is 0 Å². The molecular weight excluding hydrogens is 340 g/mol. The van der Waals surface area contributed by atoms with E-state index in [-0.39, 0.29) is 5.63 Å². The molecule has 3 rings (SSSR count). The molecule has 0 aliphatic rings. The fourth-order valence-corrected chi connectivity index (χ4v) is 3.16. The van der Waals surface area contributed by atoms with Gasteiger partial charge in [0, 0.05) is 36.4 Å². The van der Waals surface area contributed by atoms with Gasteiger partial charge < -0.3 is 9.32 Å². The van der Waals surface area contributed by atoms with Crippen molar-refractivity contribution in [3.8, 4) is 0 Å². The highest BCUT2D eigenvalue weighted by Crippen LogP contribution is 2.25. The highest BCUT2D eigenvalue weighted by atomic mass is 16.4. The van der Waals surface area contributed by atoms with E-state index >= 15 is 0 Å². The maximum atomic E-state index is 12.6. The Morgan fingerprint density at radius 3 is 2.67 bits per heavy atom. The van der Waals surface area contributed by atoms with Gasteiger partial charge in [0.15, 0.2) is 0 Å². The van der Waals surface area contributed by atoms with Crippen molar-refractivity contribution in [2.75, 3.05) is 23.4 Å². The average Bonchev–Trinajstić information content (AvgIpc) is 2.70. The van der Waals surface area contributed by atoms with Crippen LogP contribution in [0.5, 0.6) is 0 Å². The molecule has 1 N–H and O–H groups in total. The summed E-state index contributed by atoms with van der Waals surface area (Å²) in [6.07, 6.45) is 3.89. The second-order valence-electron chi connectivity index (χ2n) is 6.07. The Morgan fingerprint density at radius 1 is 1.19 bits per heavy atom. The van der Waals surface area contributed by atoms with E-state index in [9.17, 15) is 4.79 Å². The number of pyridine rings is 1. The molecule has 0 fully saturated rings. The lowest BCUT2D eigenvalue weighted by molar-refractivity contribution is 0.557. The van der Waals surface area contributed by atoms with Crippen LogP contribution >= 0.6 is 0 Å². The number of nitrogens with zero attached hydrogens (tertiary/aromatic N) is 3. The standard InChI is InChI=1S/C21H24N4O2/c1-4-16-17-11-10-15(25(5-2)6-3)13-19(17)27-21(26)18(16)14-23-24-20-9-7-8-12-22-20/h7-14H,4-6H2,1-3H3,(H,22,24)/b23-14+. The minimum absolute atomic E-state index is 0.386. The SMILES string of the molecule is CCc1c(/C=N/Nc2ccccn2)c(=O)oc2cc(N(CC)CC)ccc12. The Balaban J connectivity index is 2.00. The molecule has 0 bridgehead atoms. The van der Waals surface area contributed by atoms with Gasteiger partial charge >= 0.3 is 5.63 Å². The lowest BCUT2D eigenvalue weighted by Crippen LogP contribution is -2.21. The van der Waals surface area contributed by atoms with E-state index in [0.29, 0.717) is 23.4 Å². The molecule has 3 aromatic rings. The minimum atomic E-state index is -0.386. The van der Waals surface area contributed by atoms with Crippen molar-refractivity contribution in [2.45, 2.75) is 27.2 Å². The van der Waals surface area contributed by atoms with E-state index in [2.05, 4.69) is 40.3 Å². The predicted octanol–water partition coefficient (Wildman–Crippen LogP) is 4.04. The van der Waals surface area contributed by atoms with Crippen molar-refractivity contribution in [1.82, 2.24) is 4.98 Å². The fraction of sp³-hybridized carbons (Fsp3) is 0.286. The number of benzene rings is 1. The molecule has 1 aromatic carbocycles. The summed E-state index contributed by atoms with van der Waals surface area (Å²) in [5, 5.41) is 5.09. The molecule has 0 aliphatic carbocycles. The zero-order chi connectivity index (χ0) is 19.2. The quantitative estimate of drug-likeness (QED) is 0.389. The third kappa shape index (κ3) is 4.00. The Bertz CT molecular complexity index is 992. The molecular formula is C21H24N4O2. The number of fused-ring (bicyclic) bond motifs is 1. The Kier molecular flexibility index (Phi) is 5.86. The van der Waals surface area contributed by atoms with Gasteiger partial charge in [0.2, 0.25) is 0 Å². The van der Waals surface area contributed by atoms with Crippen molar-refractivity contribution >= 4 is 28.7 Å². The lowest BCUT2D eigenvalue weighted by atomic mass is 10.0. The summed E-state index contributed by atoms with van der Waals surface area (Å²) in [5.41, 5.74) is 5.49. The number of hydrogen-bond acceptors (Lipinski definition) is 6. The molecule has 0 spiro atoms. The molecule has 0 saturated heterocycles. The van der Waals surface area contributed by atoms with Crippen molar-refractivity contribution in [3.63, 3.8) is 0 Å². The largest absolute Gasteiger partial charge is 0.422 e. The summed E-state index contributed by atoms with van der Waals surface area (Å²) < 4.78 is 5.60. The second kappa shape index (κ2) is 8.49. The van der Waals surface area contributed by atoms with Gasteiger partial charge in [-0.3, -0.25) is 5.43 Å². The van der Waals surface area contributed by atoms with E-state index in [0.717, 1.165) is 29.7 Å². The summed E-state index contributed by atoms with van der Waals surface area (Å²) in [7, 11) is 0. The van der Waals surface area contributed by atoms with Crippen LogP contribution in [0.3, 0.4) is 0 Å². The molecule has 2 aromatic heterocycles. The summed E-state index contributed by atoms with van der Waals surface area (Å²) in [4.78, 5) is 18.9. The molecule has 0 saturated carbocycles. The van der Waals surface area contributed by atoms with Crippen molar-refractivity contribution in [1.29, 1.82) is 0 Å². The molecule has 0 aliphatic heterocycles. The fourth-order valence-electron chi connectivity index (χ4n) is 3.16. The average molecular weight is 364 g/mol. The van der Waals surface area contributed by atoms with Crippen LogP contribution in [0, 0.1) is 0 Å². The van der Waals surface area contributed by atoms with Gasteiger partial charge in [-0.15, -0.1) is 0 Å². The molecule has 140 valence electrons. The van der Waals surface area contributed by atoms with Crippen molar-refractivity contribution in [2.24, 2.45) is 5.10 Å². The van der Waals surface area contributed by atoms with Gasteiger partial charge in [-0.25, -0.2) is 9.78 Å². The zero-order valence-corrected chi connectivity index (χ0v) is 15.9. The Hall–Kier alpha value is -3.15. The predicted molar refractivity (Wildman–Crippen MR) is 111 cm³/mol. The monoisotopic (exact) mass is 364 g/mol. The molecule has 6 nitrogen and oxygen atoms in total. The van der Waals surface area contributed by atoms with Crippen LogP contribution < -0.4 is 16.0 Å². The summed E-state index contributed by atoms with van der Waals surface area (Å²) in [6.45, 7) is 8.04. The third-order valence-electron chi connectivity index (χ3n) is 4.56. The van der Waals surface area contributed by atoms with Crippen LogP contribution in [0.25, 0.3) is 11.0 Å². The van der Waals surface area contributed by atoms with Gasteiger partial charge in [-0.05, 0) is 50.1 Å². The maximum absolute atomic E-state index is 12.6. The zero-order valence-electron chi connectivity index (χ0n) is 15.9. The summed E-state index contributed by atoms with van der Waals surface area (Å²) in [6, 6.07) is 11.5. The number of anilines is 2. The van der Waals surface area contributed by atoms with Crippen LogP contribution in [0.4, 0.5) is 11.5 Å². The maximum Gasteiger partial charge on any atom is 0.345 e. The molecule has 27 heavy (non-hydrogen) atoms. The van der Waals surface area contributed by atoms with Crippen LogP contribution in [0.1, 0.15) is 31.9 Å². The number of nitrogens with one attached hydrogen (secondary N) is 1. The van der Waals surface area contributed by atoms with Gasteiger partial charge in [-0.2, -0.15) is 5.10 Å². The Labute approximate surface area is 158 Å². The highest BCUT2D eigenvalue weighted by molar-refractivity contribution is 5.92. The van der Waals surface area contributed by atoms with Crippen LogP contribution in [0.15, 0.2) is 56.9 Å². The first kappa shape index (κ1) is 18.6. The van der Waals surface area contributed by atoms with Gasteiger partial charge in [0.1, 0.15) is 11.4 Å². The van der Waals surface area contributed by atoms with E-state index < -0.39 is 0 Å². The normalized spacial score (nSPS) is 11.2. The van der Waals surface area contributed by atoms with Crippen LogP contribution in [-0.2, 0) is 6.42 Å². The molecule has 2 heterocycles. The smallest absolute Gasteiger partial charge is 0.345 e. The minimum Gasteiger partial charge on any atom is -0.422 e. The number of aryl methyl sites for hydroxylation is 1. The van der Waals surface area contributed by atoms with Crippen LogP contribution in [0.2, 0.25) is 0 Å².